The van der Waals surface area contributed by atoms with Gasteiger partial charge in [-0.1, -0.05) is 45.0 Å². The zero-order valence-corrected chi connectivity index (χ0v) is 19.0. The summed E-state index contributed by atoms with van der Waals surface area (Å²) >= 11 is 0. The summed E-state index contributed by atoms with van der Waals surface area (Å²) in [4.78, 5) is 13.9. The van der Waals surface area contributed by atoms with Gasteiger partial charge in [-0.05, 0) is 55.5 Å². The maximum Gasteiger partial charge on any atom is 0.305 e. The fourth-order valence-electron chi connectivity index (χ4n) is 3.44. The van der Waals surface area contributed by atoms with Gasteiger partial charge >= 0.3 is 5.97 Å². The van der Waals surface area contributed by atoms with Crippen molar-refractivity contribution in [1.29, 1.82) is 0 Å². The maximum atomic E-state index is 11.6. The Morgan fingerprint density at radius 2 is 1.97 bits per heavy atom. The van der Waals surface area contributed by atoms with Crippen LogP contribution in [-0.2, 0) is 22.6 Å². The average Bonchev–Trinajstić information content (AvgIpc) is 3.13. The number of aryl methyl sites for hydroxylation is 1. The lowest BCUT2D eigenvalue weighted by Gasteiger charge is -2.26. The highest BCUT2D eigenvalue weighted by molar-refractivity contribution is 5.69. The Kier molecular flexibility index (Phi) is 10.1. The Morgan fingerprint density at radius 3 is 2.67 bits per heavy atom. The minimum Gasteiger partial charge on any atom is -0.463 e. The summed E-state index contributed by atoms with van der Waals surface area (Å²) in [6.45, 7) is 11.5. The minimum atomic E-state index is -0.683. The van der Waals surface area contributed by atoms with E-state index in [1.165, 1.54) is 16.8 Å². The third-order valence-electron chi connectivity index (χ3n) is 5.29. The molecule has 5 heteroatoms. The second kappa shape index (κ2) is 12.6. The van der Waals surface area contributed by atoms with Crippen LogP contribution < -0.4 is 0 Å². The van der Waals surface area contributed by atoms with Crippen molar-refractivity contribution in [2.75, 3.05) is 19.7 Å². The van der Waals surface area contributed by atoms with E-state index in [9.17, 15) is 9.90 Å². The summed E-state index contributed by atoms with van der Waals surface area (Å²) in [5, 5.41) is 10.4. The zero-order chi connectivity index (χ0) is 21.9. The van der Waals surface area contributed by atoms with Crippen molar-refractivity contribution in [2.45, 2.75) is 66.2 Å². The first-order valence-corrected chi connectivity index (χ1v) is 11.1. The number of aromatic nitrogens is 1. The summed E-state index contributed by atoms with van der Waals surface area (Å²) in [5.41, 5.74) is 3.82. The molecule has 0 fully saturated rings. The van der Waals surface area contributed by atoms with Gasteiger partial charge in [0.25, 0.3) is 0 Å². The molecule has 2 rings (SSSR count). The monoisotopic (exact) mass is 414 g/mol. The molecule has 1 atom stereocenters. The molecule has 0 aliphatic rings. The number of benzene rings is 1. The summed E-state index contributed by atoms with van der Waals surface area (Å²) in [7, 11) is 0. The number of esters is 1. The molecule has 0 saturated heterocycles. The van der Waals surface area contributed by atoms with Crippen LogP contribution in [0.25, 0.3) is 0 Å². The van der Waals surface area contributed by atoms with Crippen LogP contribution >= 0.6 is 0 Å². The van der Waals surface area contributed by atoms with E-state index in [4.69, 9.17) is 4.74 Å². The Bertz CT molecular complexity index is 769. The highest BCUT2D eigenvalue weighted by Crippen LogP contribution is 2.15. The van der Waals surface area contributed by atoms with E-state index < -0.39 is 6.10 Å². The smallest absolute Gasteiger partial charge is 0.305 e. The van der Waals surface area contributed by atoms with Crippen LogP contribution in [0.4, 0.5) is 0 Å². The van der Waals surface area contributed by atoms with Crippen molar-refractivity contribution < 1.29 is 14.6 Å². The normalized spacial score (nSPS) is 12.5. The molecule has 0 bridgehead atoms. The predicted octanol–water partition coefficient (Wildman–Crippen LogP) is 4.40. The molecule has 0 aliphatic carbocycles. The number of hydrogen-bond acceptors (Lipinski definition) is 4. The average molecular weight is 415 g/mol. The first-order chi connectivity index (χ1) is 14.4. The van der Waals surface area contributed by atoms with Crippen LogP contribution in [0.15, 0.2) is 42.6 Å². The highest BCUT2D eigenvalue weighted by Gasteiger charge is 2.16. The van der Waals surface area contributed by atoms with E-state index in [0.29, 0.717) is 18.9 Å². The van der Waals surface area contributed by atoms with Gasteiger partial charge in [-0.3, -0.25) is 9.69 Å². The Balaban J connectivity index is 2.01. The van der Waals surface area contributed by atoms with Crippen LogP contribution in [0, 0.1) is 12.8 Å². The number of ether oxygens (including phenoxy) is 1. The van der Waals surface area contributed by atoms with Gasteiger partial charge in [-0.15, -0.1) is 0 Å². The molecule has 1 heterocycles. The van der Waals surface area contributed by atoms with Gasteiger partial charge in [0.15, 0.2) is 0 Å². The number of carbonyl (C=O) groups is 1. The Hall–Kier alpha value is -2.11. The number of aliphatic hydroxyl groups excluding tert-OH is 1. The Labute approximate surface area is 181 Å². The van der Waals surface area contributed by atoms with Crippen molar-refractivity contribution in [3.63, 3.8) is 0 Å². The number of carbonyl (C=O) groups excluding carboxylic acids is 1. The van der Waals surface area contributed by atoms with E-state index in [0.717, 1.165) is 32.5 Å². The molecular weight excluding hydrogens is 376 g/mol. The minimum absolute atomic E-state index is 0.0568. The van der Waals surface area contributed by atoms with Crippen LogP contribution in [0.3, 0.4) is 0 Å². The standard InChI is InChI=1S/C25H38N2O3/c1-5-9-25(29)30-19-24(28)18-26(15-13-20(2)3)17-23-12-8-14-27(23)16-22-11-7-6-10-21(22)4/h6-8,10-12,14,20,24,28H,5,9,13,15-19H2,1-4H3/t24-/m1/s1. The second-order valence-corrected chi connectivity index (χ2v) is 8.56. The van der Waals surface area contributed by atoms with Crippen LogP contribution in [-0.4, -0.2) is 46.3 Å². The van der Waals surface area contributed by atoms with Crippen LogP contribution in [0.2, 0.25) is 0 Å². The lowest BCUT2D eigenvalue weighted by atomic mass is 10.1. The number of nitrogens with zero attached hydrogens (tertiary/aromatic N) is 2. The molecule has 1 N–H and O–H groups in total. The van der Waals surface area contributed by atoms with Crippen molar-refractivity contribution >= 4 is 5.97 Å². The van der Waals surface area contributed by atoms with E-state index in [1.807, 2.05) is 6.92 Å². The quantitative estimate of drug-likeness (QED) is 0.494. The first-order valence-electron chi connectivity index (χ1n) is 11.1. The van der Waals surface area contributed by atoms with E-state index in [2.05, 4.69) is 72.8 Å². The third kappa shape index (κ3) is 8.33. The molecule has 2 aromatic rings. The zero-order valence-electron chi connectivity index (χ0n) is 19.0. The van der Waals surface area contributed by atoms with Gasteiger partial charge in [0.2, 0.25) is 0 Å². The van der Waals surface area contributed by atoms with Gasteiger partial charge in [-0.25, -0.2) is 0 Å². The molecule has 0 unspecified atom stereocenters. The number of rotatable bonds is 13. The molecule has 0 spiro atoms. The lowest BCUT2D eigenvalue weighted by Crippen LogP contribution is -2.36. The van der Waals surface area contributed by atoms with Crippen molar-refractivity contribution in [1.82, 2.24) is 9.47 Å². The molecule has 5 nitrogen and oxygen atoms in total. The summed E-state index contributed by atoms with van der Waals surface area (Å²) in [6.07, 6.45) is 3.65. The molecule has 1 aromatic heterocycles. The molecule has 1 aromatic carbocycles. The van der Waals surface area contributed by atoms with Gasteiger partial charge in [0, 0.05) is 37.9 Å². The Morgan fingerprint density at radius 1 is 1.20 bits per heavy atom. The van der Waals surface area contributed by atoms with E-state index in [-0.39, 0.29) is 12.6 Å². The van der Waals surface area contributed by atoms with Crippen LogP contribution in [0.5, 0.6) is 0 Å². The van der Waals surface area contributed by atoms with Crippen molar-refractivity contribution in [3.8, 4) is 0 Å². The molecule has 0 aliphatic heterocycles. The molecule has 0 radical (unpaired) electrons. The van der Waals surface area contributed by atoms with Crippen molar-refractivity contribution in [3.05, 3.63) is 59.4 Å². The highest BCUT2D eigenvalue weighted by atomic mass is 16.5. The predicted molar refractivity (Wildman–Crippen MR) is 121 cm³/mol. The maximum absolute atomic E-state index is 11.6. The second-order valence-electron chi connectivity index (χ2n) is 8.56. The molecule has 0 amide bonds. The van der Waals surface area contributed by atoms with Gasteiger partial charge in [0.05, 0.1) is 0 Å². The topological polar surface area (TPSA) is 54.7 Å². The van der Waals surface area contributed by atoms with E-state index in [1.54, 1.807) is 0 Å². The molecule has 166 valence electrons. The summed E-state index contributed by atoms with van der Waals surface area (Å²) < 4.78 is 7.48. The fourth-order valence-corrected chi connectivity index (χ4v) is 3.44. The summed E-state index contributed by atoms with van der Waals surface area (Å²) in [6, 6.07) is 12.7. The molecular formula is C25H38N2O3. The van der Waals surface area contributed by atoms with Gasteiger partial charge in [-0.2, -0.15) is 0 Å². The van der Waals surface area contributed by atoms with Gasteiger partial charge < -0.3 is 14.4 Å². The number of aliphatic hydroxyl groups is 1. The first kappa shape index (κ1) is 24.2. The largest absolute Gasteiger partial charge is 0.463 e. The van der Waals surface area contributed by atoms with E-state index >= 15 is 0 Å². The molecule has 0 saturated carbocycles. The lowest BCUT2D eigenvalue weighted by molar-refractivity contribution is -0.147. The number of hydrogen-bond donors (Lipinski definition) is 1. The summed E-state index contributed by atoms with van der Waals surface area (Å²) in [5.74, 6) is 0.350. The molecule has 30 heavy (non-hydrogen) atoms. The fraction of sp³-hybridized carbons (Fsp3) is 0.560. The van der Waals surface area contributed by atoms with Crippen LogP contribution in [0.1, 0.15) is 56.9 Å². The van der Waals surface area contributed by atoms with Crippen molar-refractivity contribution in [2.24, 2.45) is 5.92 Å². The van der Waals surface area contributed by atoms with Gasteiger partial charge in [0.1, 0.15) is 12.7 Å². The SMILES string of the molecule is CCCC(=O)OC[C@H](O)CN(CCC(C)C)Cc1cccn1Cc1ccccc1C. The third-order valence-corrected chi connectivity index (χ3v) is 5.29.